The predicted octanol–water partition coefficient (Wildman–Crippen LogP) is -1.28. The molecule has 2 aliphatic heterocycles. The first kappa shape index (κ1) is 14.2. The molecule has 0 spiro atoms. The summed E-state index contributed by atoms with van der Waals surface area (Å²) < 4.78 is 5.12. The van der Waals surface area contributed by atoms with Gasteiger partial charge in [0.2, 0.25) is 5.91 Å². The second-order valence-electron chi connectivity index (χ2n) is 5.13. The summed E-state index contributed by atoms with van der Waals surface area (Å²) in [6.07, 6.45) is 1.78. The van der Waals surface area contributed by atoms with Gasteiger partial charge in [-0.15, -0.1) is 0 Å². The van der Waals surface area contributed by atoms with Crippen molar-refractivity contribution in [3.8, 4) is 0 Å². The van der Waals surface area contributed by atoms with Gasteiger partial charge in [0.05, 0.1) is 19.8 Å². The van der Waals surface area contributed by atoms with Crippen LogP contribution >= 0.6 is 0 Å². The van der Waals surface area contributed by atoms with Crippen molar-refractivity contribution in [1.29, 1.82) is 0 Å². The number of carbonyl (C=O) groups is 2. The van der Waals surface area contributed by atoms with E-state index in [9.17, 15) is 9.59 Å². The van der Waals surface area contributed by atoms with E-state index >= 15 is 0 Å². The summed E-state index contributed by atoms with van der Waals surface area (Å²) in [6, 6.07) is -0.630. The highest BCUT2D eigenvalue weighted by Crippen LogP contribution is 2.11. The molecular weight excluding hydrogens is 250 g/mol. The molecule has 7 heteroatoms. The quantitative estimate of drug-likeness (QED) is 0.664. The van der Waals surface area contributed by atoms with Crippen molar-refractivity contribution >= 4 is 11.9 Å². The number of likely N-dealkylation sites (tertiary alicyclic amines) is 1. The van der Waals surface area contributed by atoms with Crippen LogP contribution in [-0.4, -0.2) is 78.3 Å². The fraction of sp³-hybridized carbons (Fsp3) is 0.833. The number of nitrogens with zero attached hydrogens (tertiary/aromatic N) is 2. The van der Waals surface area contributed by atoms with Crippen LogP contribution in [-0.2, 0) is 14.3 Å². The number of carboxylic acids is 1. The molecule has 0 saturated carbocycles. The van der Waals surface area contributed by atoms with Gasteiger partial charge >= 0.3 is 5.97 Å². The summed E-state index contributed by atoms with van der Waals surface area (Å²) in [7, 11) is 0. The van der Waals surface area contributed by atoms with Gasteiger partial charge in [0.25, 0.3) is 0 Å². The zero-order valence-corrected chi connectivity index (χ0v) is 11.0. The summed E-state index contributed by atoms with van der Waals surface area (Å²) in [4.78, 5) is 26.8. The Bertz CT molecular complexity index is 342. The maximum atomic E-state index is 12.2. The molecule has 0 aromatic rings. The Morgan fingerprint density at radius 2 is 1.95 bits per heavy atom. The highest BCUT2D eigenvalue weighted by molar-refractivity contribution is 5.85. The van der Waals surface area contributed by atoms with Gasteiger partial charge in [-0.1, -0.05) is 0 Å². The van der Waals surface area contributed by atoms with Crippen molar-refractivity contribution in [2.75, 3.05) is 39.4 Å². The van der Waals surface area contributed by atoms with Crippen LogP contribution in [0.15, 0.2) is 0 Å². The van der Waals surface area contributed by atoms with Gasteiger partial charge in [0.1, 0.15) is 0 Å². The van der Waals surface area contributed by atoms with Gasteiger partial charge in [-0.05, 0) is 12.8 Å². The number of carboxylic acid groups (broad SMARTS) is 1. The molecule has 0 bridgehead atoms. The third-order valence-electron chi connectivity index (χ3n) is 3.72. The fourth-order valence-corrected chi connectivity index (χ4v) is 2.50. The number of amides is 1. The van der Waals surface area contributed by atoms with Gasteiger partial charge in [0, 0.05) is 25.7 Å². The second-order valence-corrected chi connectivity index (χ2v) is 5.13. The van der Waals surface area contributed by atoms with Gasteiger partial charge in [0.15, 0.2) is 6.04 Å². The van der Waals surface area contributed by atoms with E-state index in [1.807, 2.05) is 4.90 Å². The highest BCUT2D eigenvalue weighted by Gasteiger charge is 2.33. The molecule has 3 N–H and O–H groups in total. The van der Waals surface area contributed by atoms with Gasteiger partial charge in [-0.25, -0.2) is 4.79 Å². The Morgan fingerprint density at radius 1 is 1.26 bits per heavy atom. The number of aliphatic carboxylic acids is 1. The summed E-state index contributed by atoms with van der Waals surface area (Å²) in [5.41, 5.74) is 5.82. The number of rotatable bonds is 3. The lowest BCUT2D eigenvalue weighted by molar-refractivity contribution is -0.158. The smallest absolute Gasteiger partial charge is 0.328 e. The molecule has 1 unspecified atom stereocenters. The van der Waals surface area contributed by atoms with Crippen LogP contribution in [0.5, 0.6) is 0 Å². The molecule has 0 aromatic heterocycles. The number of piperidine rings is 1. The number of hydrogen-bond acceptors (Lipinski definition) is 5. The maximum absolute atomic E-state index is 12.2. The van der Waals surface area contributed by atoms with Crippen molar-refractivity contribution in [2.24, 2.45) is 5.73 Å². The lowest BCUT2D eigenvalue weighted by Gasteiger charge is -2.36. The van der Waals surface area contributed by atoms with Crippen LogP contribution in [0.4, 0.5) is 0 Å². The van der Waals surface area contributed by atoms with Crippen LogP contribution in [0.2, 0.25) is 0 Å². The predicted molar refractivity (Wildman–Crippen MR) is 67.6 cm³/mol. The molecule has 2 heterocycles. The normalized spacial score (nSPS) is 26.4. The maximum Gasteiger partial charge on any atom is 0.328 e. The van der Waals surface area contributed by atoms with Crippen LogP contribution in [0, 0.1) is 0 Å². The largest absolute Gasteiger partial charge is 0.480 e. The van der Waals surface area contributed by atoms with E-state index in [1.165, 1.54) is 4.90 Å². The molecule has 0 aliphatic carbocycles. The van der Waals surface area contributed by atoms with E-state index in [0.717, 1.165) is 25.9 Å². The Morgan fingerprint density at radius 3 is 2.58 bits per heavy atom. The third kappa shape index (κ3) is 3.65. The molecule has 7 nitrogen and oxygen atoms in total. The Balaban J connectivity index is 1.89. The molecule has 2 rings (SSSR count). The molecule has 108 valence electrons. The Kier molecular flexibility index (Phi) is 4.73. The van der Waals surface area contributed by atoms with Crippen molar-refractivity contribution in [3.05, 3.63) is 0 Å². The number of hydrogen-bond donors (Lipinski definition) is 2. The molecule has 2 fully saturated rings. The first-order valence-corrected chi connectivity index (χ1v) is 6.66. The highest BCUT2D eigenvalue weighted by atomic mass is 16.5. The molecule has 19 heavy (non-hydrogen) atoms. The standard InChI is InChI=1S/C12H21N3O4/c13-9-1-3-14(4-2-9)7-11(16)15-5-6-19-8-10(15)12(17)18/h9-10H,1-8,13H2,(H,17,18). The molecular formula is C12H21N3O4. The molecule has 1 atom stereocenters. The first-order chi connectivity index (χ1) is 9.08. The first-order valence-electron chi connectivity index (χ1n) is 6.66. The van der Waals surface area contributed by atoms with Gasteiger partial charge in [-0.2, -0.15) is 0 Å². The van der Waals surface area contributed by atoms with E-state index < -0.39 is 12.0 Å². The van der Waals surface area contributed by atoms with E-state index in [1.54, 1.807) is 0 Å². The minimum atomic E-state index is -1.01. The SMILES string of the molecule is NC1CCN(CC(=O)N2CCOCC2C(=O)O)CC1. The second kappa shape index (κ2) is 6.31. The number of carbonyl (C=O) groups excluding carboxylic acids is 1. The average molecular weight is 271 g/mol. The van der Waals surface area contributed by atoms with Crippen molar-refractivity contribution in [2.45, 2.75) is 24.9 Å². The van der Waals surface area contributed by atoms with Crippen LogP contribution in [0.1, 0.15) is 12.8 Å². The molecule has 0 radical (unpaired) electrons. The molecule has 2 saturated heterocycles. The van der Waals surface area contributed by atoms with E-state index in [2.05, 4.69) is 0 Å². The summed E-state index contributed by atoms with van der Waals surface area (Å²) in [5, 5.41) is 9.09. The topological polar surface area (TPSA) is 96.1 Å². The monoisotopic (exact) mass is 271 g/mol. The number of morpholine rings is 1. The zero-order valence-electron chi connectivity index (χ0n) is 11.0. The van der Waals surface area contributed by atoms with Crippen molar-refractivity contribution in [1.82, 2.24) is 9.80 Å². The Hall–Kier alpha value is -1.18. The van der Waals surface area contributed by atoms with Crippen LogP contribution in [0.25, 0.3) is 0 Å². The van der Waals surface area contributed by atoms with Gasteiger partial charge in [-0.3, -0.25) is 9.69 Å². The summed E-state index contributed by atoms with van der Waals surface area (Å²) in [6.45, 7) is 2.70. The molecule has 0 aromatic carbocycles. The third-order valence-corrected chi connectivity index (χ3v) is 3.72. The van der Waals surface area contributed by atoms with E-state index in [0.29, 0.717) is 13.2 Å². The van der Waals surface area contributed by atoms with E-state index in [4.69, 9.17) is 15.6 Å². The lowest BCUT2D eigenvalue weighted by atomic mass is 10.1. The Labute approximate surface area is 112 Å². The van der Waals surface area contributed by atoms with Crippen molar-refractivity contribution in [3.63, 3.8) is 0 Å². The number of nitrogens with two attached hydrogens (primary N) is 1. The lowest BCUT2D eigenvalue weighted by Crippen LogP contribution is -2.55. The summed E-state index contributed by atoms with van der Waals surface area (Å²) >= 11 is 0. The van der Waals surface area contributed by atoms with Crippen molar-refractivity contribution < 1.29 is 19.4 Å². The van der Waals surface area contributed by atoms with E-state index in [-0.39, 0.29) is 25.1 Å². The van der Waals surface area contributed by atoms with Crippen LogP contribution < -0.4 is 5.73 Å². The molecule has 1 amide bonds. The number of ether oxygens (including phenoxy) is 1. The molecule has 2 aliphatic rings. The minimum absolute atomic E-state index is 0.0753. The minimum Gasteiger partial charge on any atom is -0.480 e. The van der Waals surface area contributed by atoms with Crippen LogP contribution in [0.3, 0.4) is 0 Å². The summed E-state index contributed by atoms with van der Waals surface area (Å²) in [5.74, 6) is -1.14. The zero-order chi connectivity index (χ0) is 13.8. The average Bonchev–Trinajstić information content (AvgIpc) is 2.41. The van der Waals surface area contributed by atoms with Gasteiger partial charge < -0.3 is 20.5 Å². The fourth-order valence-electron chi connectivity index (χ4n) is 2.50.